The van der Waals surface area contributed by atoms with Crippen LogP contribution in [0.2, 0.25) is 0 Å². The third-order valence-corrected chi connectivity index (χ3v) is 5.58. The predicted molar refractivity (Wildman–Crippen MR) is 120 cm³/mol. The average Bonchev–Trinajstić information content (AvgIpc) is 3.24. The fourth-order valence-electron chi connectivity index (χ4n) is 3.19. The second-order valence-corrected chi connectivity index (χ2v) is 7.56. The van der Waals surface area contributed by atoms with Gasteiger partial charge in [0.25, 0.3) is 0 Å². The van der Waals surface area contributed by atoms with Crippen LogP contribution in [0.15, 0.2) is 84.3 Å². The number of hydrogen-bond donors (Lipinski definition) is 0. The normalized spacial score (nSPS) is 10.8. The van der Waals surface area contributed by atoms with E-state index in [4.69, 9.17) is 0 Å². The zero-order chi connectivity index (χ0) is 21.6. The molecule has 6 nitrogen and oxygen atoms in total. The molecule has 0 aliphatic carbocycles. The number of rotatable bonds is 7. The number of nitrogens with zero attached hydrogens (tertiary/aromatic N) is 5. The number of amides is 1. The van der Waals surface area contributed by atoms with Crippen LogP contribution in [0.4, 0.5) is 10.1 Å². The van der Waals surface area contributed by atoms with Gasteiger partial charge in [-0.2, -0.15) is 0 Å². The van der Waals surface area contributed by atoms with Gasteiger partial charge in [0.05, 0.1) is 5.75 Å². The van der Waals surface area contributed by atoms with Crippen molar-refractivity contribution in [3.8, 4) is 17.1 Å². The first-order valence-corrected chi connectivity index (χ1v) is 10.8. The highest BCUT2D eigenvalue weighted by Gasteiger charge is 2.19. The summed E-state index contributed by atoms with van der Waals surface area (Å²) < 4.78 is 15.3. The van der Waals surface area contributed by atoms with Crippen molar-refractivity contribution in [2.24, 2.45) is 0 Å². The molecule has 8 heteroatoms. The standard InChI is InChI=1S/C23H20FN5OS/c1-2-28(19-6-4-3-5-7-19)21(30)16-31-23-27-26-22(17-12-14-25-15-13-17)29(23)20-10-8-18(24)9-11-20/h3-15H,2,16H2,1H3. The van der Waals surface area contributed by atoms with Gasteiger partial charge < -0.3 is 4.90 Å². The van der Waals surface area contributed by atoms with Crippen molar-refractivity contribution >= 4 is 23.4 Å². The van der Waals surface area contributed by atoms with E-state index in [-0.39, 0.29) is 17.5 Å². The lowest BCUT2D eigenvalue weighted by atomic mass is 10.2. The topological polar surface area (TPSA) is 63.9 Å². The van der Waals surface area contributed by atoms with Gasteiger partial charge >= 0.3 is 0 Å². The smallest absolute Gasteiger partial charge is 0.237 e. The van der Waals surface area contributed by atoms with E-state index in [1.54, 1.807) is 29.4 Å². The van der Waals surface area contributed by atoms with Crippen LogP contribution < -0.4 is 4.90 Å². The zero-order valence-corrected chi connectivity index (χ0v) is 17.7. The lowest BCUT2D eigenvalue weighted by Crippen LogP contribution is -2.32. The highest BCUT2D eigenvalue weighted by Crippen LogP contribution is 2.28. The van der Waals surface area contributed by atoms with Gasteiger partial charge in [-0.15, -0.1) is 10.2 Å². The first-order chi connectivity index (χ1) is 15.2. The van der Waals surface area contributed by atoms with E-state index in [0.29, 0.717) is 23.2 Å². The molecule has 0 saturated carbocycles. The maximum Gasteiger partial charge on any atom is 0.237 e. The first kappa shape index (κ1) is 20.7. The van der Waals surface area contributed by atoms with E-state index < -0.39 is 0 Å². The molecule has 4 aromatic rings. The van der Waals surface area contributed by atoms with Gasteiger partial charge in [0, 0.05) is 35.9 Å². The first-order valence-electron chi connectivity index (χ1n) is 9.77. The monoisotopic (exact) mass is 433 g/mol. The summed E-state index contributed by atoms with van der Waals surface area (Å²) in [5.41, 5.74) is 2.39. The Labute approximate surface area is 183 Å². The molecular formula is C23H20FN5OS. The minimum Gasteiger partial charge on any atom is -0.312 e. The highest BCUT2D eigenvalue weighted by atomic mass is 32.2. The summed E-state index contributed by atoms with van der Waals surface area (Å²) in [7, 11) is 0. The van der Waals surface area contributed by atoms with Crippen LogP contribution in [0.5, 0.6) is 0 Å². The maximum absolute atomic E-state index is 13.5. The molecule has 0 spiro atoms. The van der Waals surface area contributed by atoms with E-state index in [9.17, 15) is 9.18 Å². The van der Waals surface area contributed by atoms with Gasteiger partial charge in [0.1, 0.15) is 5.82 Å². The molecule has 0 saturated heterocycles. The van der Waals surface area contributed by atoms with Crippen molar-refractivity contribution < 1.29 is 9.18 Å². The van der Waals surface area contributed by atoms with Crippen molar-refractivity contribution in [1.29, 1.82) is 0 Å². The van der Waals surface area contributed by atoms with Crippen LogP contribution >= 0.6 is 11.8 Å². The summed E-state index contributed by atoms with van der Waals surface area (Å²) >= 11 is 1.30. The second-order valence-electron chi connectivity index (χ2n) is 6.62. The number of thioether (sulfide) groups is 1. The van der Waals surface area contributed by atoms with Gasteiger partial charge in [-0.3, -0.25) is 14.3 Å². The summed E-state index contributed by atoms with van der Waals surface area (Å²) in [6.45, 7) is 2.51. The number of pyridine rings is 1. The maximum atomic E-state index is 13.5. The highest BCUT2D eigenvalue weighted by molar-refractivity contribution is 7.99. The molecule has 0 bridgehead atoms. The number of benzene rings is 2. The SMILES string of the molecule is CCN(C(=O)CSc1nnc(-c2ccncc2)n1-c1ccc(F)cc1)c1ccccc1. The Morgan fingerprint density at radius 2 is 1.71 bits per heavy atom. The number of hydrogen-bond acceptors (Lipinski definition) is 5. The summed E-state index contributed by atoms with van der Waals surface area (Å²) in [5.74, 6) is 0.434. The van der Waals surface area contributed by atoms with Crippen molar-refractivity contribution in [3.05, 3.63) is 84.9 Å². The molecule has 31 heavy (non-hydrogen) atoms. The molecule has 4 rings (SSSR count). The number of carbonyl (C=O) groups excluding carboxylic acids is 1. The van der Waals surface area contributed by atoms with E-state index in [1.807, 2.05) is 54.0 Å². The van der Waals surface area contributed by atoms with Gasteiger partial charge in [0.2, 0.25) is 5.91 Å². The molecule has 1 amide bonds. The van der Waals surface area contributed by atoms with Crippen LogP contribution in [-0.4, -0.2) is 38.0 Å². The molecule has 0 unspecified atom stereocenters. The average molecular weight is 434 g/mol. The molecule has 2 heterocycles. The van der Waals surface area contributed by atoms with Crippen LogP contribution in [-0.2, 0) is 4.79 Å². The van der Waals surface area contributed by atoms with Crippen molar-refractivity contribution in [3.63, 3.8) is 0 Å². The summed E-state index contributed by atoms with van der Waals surface area (Å²) in [5, 5.41) is 9.20. The van der Waals surface area contributed by atoms with Crippen molar-refractivity contribution in [2.75, 3.05) is 17.2 Å². The Morgan fingerprint density at radius 3 is 2.39 bits per heavy atom. The zero-order valence-electron chi connectivity index (χ0n) is 16.9. The van der Waals surface area contributed by atoms with Gasteiger partial charge in [0.15, 0.2) is 11.0 Å². The Hall–Kier alpha value is -3.52. The fraction of sp³-hybridized carbons (Fsp3) is 0.130. The molecule has 0 N–H and O–H groups in total. The fourth-order valence-corrected chi connectivity index (χ4v) is 4.02. The van der Waals surface area contributed by atoms with Crippen LogP contribution in [0, 0.1) is 5.82 Å². The van der Waals surface area contributed by atoms with E-state index in [0.717, 1.165) is 11.3 Å². The van der Waals surface area contributed by atoms with E-state index in [2.05, 4.69) is 15.2 Å². The van der Waals surface area contributed by atoms with Gasteiger partial charge in [-0.25, -0.2) is 4.39 Å². The minimum atomic E-state index is -0.326. The van der Waals surface area contributed by atoms with Gasteiger partial charge in [-0.1, -0.05) is 30.0 Å². The minimum absolute atomic E-state index is 0.0298. The van der Waals surface area contributed by atoms with Gasteiger partial charge in [-0.05, 0) is 55.5 Å². The van der Waals surface area contributed by atoms with E-state index >= 15 is 0 Å². The Bertz CT molecular complexity index is 1150. The number of aromatic nitrogens is 4. The van der Waals surface area contributed by atoms with Crippen LogP contribution in [0.25, 0.3) is 17.1 Å². The second kappa shape index (κ2) is 9.53. The van der Waals surface area contributed by atoms with Crippen molar-refractivity contribution in [1.82, 2.24) is 19.7 Å². The molecule has 0 atom stereocenters. The lowest BCUT2D eigenvalue weighted by Gasteiger charge is -2.20. The molecule has 0 radical (unpaired) electrons. The molecule has 0 aliphatic rings. The number of para-hydroxylation sites is 1. The quantitative estimate of drug-likeness (QED) is 0.398. The molecule has 2 aromatic carbocycles. The third kappa shape index (κ3) is 4.64. The predicted octanol–water partition coefficient (Wildman–Crippen LogP) is 4.61. The van der Waals surface area contributed by atoms with Crippen LogP contribution in [0.3, 0.4) is 0 Å². The Kier molecular flexibility index (Phi) is 6.37. The number of carbonyl (C=O) groups is 1. The molecule has 156 valence electrons. The summed E-state index contributed by atoms with van der Waals surface area (Å²) in [4.78, 5) is 18.7. The summed E-state index contributed by atoms with van der Waals surface area (Å²) in [6, 6.07) is 19.3. The molecular weight excluding hydrogens is 413 g/mol. The Balaban J connectivity index is 1.63. The van der Waals surface area contributed by atoms with E-state index in [1.165, 1.54) is 23.9 Å². The molecule has 2 aromatic heterocycles. The number of anilines is 1. The summed E-state index contributed by atoms with van der Waals surface area (Å²) in [6.07, 6.45) is 3.35. The Morgan fingerprint density at radius 1 is 1.00 bits per heavy atom. The largest absolute Gasteiger partial charge is 0.312 e. The molecule has 0 fully saturated rings. The van der Waals surface area contributed by atoms with Crippen molar-refractivity contribution in [2.45, 2.75) is 12.1 Å². The third-order valence-electron chi connectivity index (χ3n) is 4.67. The van der Waals surface area contributed by atoms with Crippen LogP contribution in [0.1, 0.15) is 6.92 Å². The molecule has 0 aliphatic heterocycles. The number of halogens is 1. The lowest BCUT2D eigenvalue weighted by molar-refractivity contribution is -0.116.